The summed E-state index contributed by atoms with van der Waals surface area (Å²) in [5, 5.41) is 0. The summed E-state index contributed by atoms with van der Waals surface area (Å²) in [6.07, 6.45) is 7.62. The quantitative estimate of drug-likeness (QED) is 0.788. The van der Waals surface area contributed by atoms with E-state index in [9.17, 15) is 0 Å². The molecule has 17 heavy (non-hydrogen) atoms. The van der Waals surface area contributed by atoms with Gasteiger partial charge in [-0.2, -0.15) is 0 Å². The summed E-state index contributed by atoms with van der Waals surface area (Å²) in [4.78, 5) is 0. The number of rotatable bonds is 4. The van der Waals surface area contributed by atoms with E-state index < -0.39 is 0 Å². The predicted molar refractivity (Wildman–Crippen MR) is 69.1 cm³/mol. The van der Waals surface area contributed by atoms with Crippen molar-refractivity contribution in [1.29, 1.82) is 0 Å². The van der Waals surface area contributed by atoms with E-state index in [1.54, 1.807) is 7.11 Å². The molecule has 2 rings (SSSR count). The molecule has 90 valence electrons. The molecule has 1 aliphatic carbocycles. The van der Waals surface area contributed by atoms with E-state index in [4.69, 9.17) is 9.47 Å². The monoisotopic (exact) mass is 230 g/mol. The van der Waals surface area contributed by atoms with Crippen LogP contribution in [0.5, 0.6) is 5.75 Å². The molecular formula is C15H18O2. The lowest BCUT2D eigenvalue weighted by atomic mass is 10.1. The number of benzene rings is 1. The molecule has 1 atom stereocenters. The Hall–Kier alpha value is -1.54. The molecule has 1 aromatic carbocycles. The first-order valence-electron chi connectivity index (χ1n) is 5.87. The van der Waals surface area contributed by atoms with Crippen LogP contribution in [0.3, 0.4) is 0 Å². The minimum absolute atomic E-state index is 0.209. The first-order chi connectivity index (χ1) is 8.28. The molecule has 1 aliphatic rings. The highest BCUT2D eigenvalue weighted by Gasteiger charge is 2.07. The van der Waals surface area contributed by atoms with Crippen molar-refractivity contribution in [2.24, 2.45) is 0 Å². The van der Waals surface area contributed by atoms with Crippen LogP contribution in [0.2, 0.25) is 0 Å². The molecule has 0 unspecified atom stereocenters. The number of methoxy groups -OCH3 is 1. The van der Waals surface area contributed by atoms with Gasteiger partial charge in [0.2, 0.25) is 0 Å². The lowest BCUT2D eigenvalue weighted by Gasteiger charge is -2.16. The molecular weight excluding hydrogens is 212 g/mol. The van der Waals surface area contributed by atoms with Crippen LogP contribution in [0, 0.1) is 0 Å². The van der Waals surface area contributed by atoms with Gasteiger partial charge < -0.3 is 9.47 Å². The molecule has 0 N–H and O–H groups in total. The van der Waals surface area contributed by atoms with E-state index >= 15 is 0 Å². The fraction of sp³-hybridized carbons (Fsp3) is 0.333. The van der Waals surface area contributed by atoms with Gasteiger partial charge in [-0.1, -0.05) is 35.9 Å². The molecule has 0 bridgehead atoms. The fourth-order valence-corrected chi connectivity index (χ4v) is 1.76. The van der Waals surface area contributed by atoms with E-state index in [1.165, 1.54) is 11.1 Å². The van der Waals surface area contributed by atoms with Crippen LogP contribution in [-0.4, -0.2) is 13.2 Å². The smallest absolute Gasteiger partial charge is 0.118 e. The van der Waals surface area contributed by atoms with Gasteiger partial charge in [0, 0.05) is 0 Å². The normalized spacial score (nSPS) is 18.9. The van der Waals surface area contributed by atoms with E-state index in [2.05, 4.69) is 25.2 Å². The zero-order valence-electron chi connectivity index (χ0n) is 10.3. The number of hydrogen-bond acceptors (Lipinski definition) is 2. The van der Waals surface area contributed by atoms with Gasteiger partial charge in [-0.3, -0.25) is 0 Å². The van der Waals surface area contributed by atoms with Crippen molar-refractivity contribution in [3.05, 3.63) is 53.6 Å². The summed E-state index contributed by atoms with van der Waals surface area (Å²) in [5.74, 6) is 0.880. The Labute approximate surface area is 103 Å². The van der Waals surface area contributed by atoms with Gasteiger partial charge in [0.05, 0.1) is 19.8 Å². The summed E-state index contributed by atoms with van der Waals surface area (Å²) >= 11 is 0. The van der Waals surface area contributed by atoms with Crippen molar-refractivity contribution in [2.75, 3.05) is 7.11 Å². The van der Waals surface area contributed by atoms with Gasteiger partial charge in [0.1, 0.15) is 5.75 Å². The topological polar surface area (TPSA) is 18.5 Å². The van der Waals surface area contributed by atoms with Gasteiger partial charge in [0.15, 0.2) is 0 Å². The SMILES string of the molecule is COc1ccc(CO[C@@H]2C=CC(C)=CC2)cc1. The maximum Gasteiger partial charge on any atom is 0.118 e. The summed E-state index contributed by atoms with van der Waals surface area (Å²) in [7, 11) is 1.67. The predicted octanol–water partition coefficient (Wildman–Crippen LogP) is 3.49. The number of ether oxygens (including phenoxy) is 2. The molecule has 0 aromatic heterocycles. The van der Waals surface area contributed by atoms with Crippen molar-refractivity contribution < 1.29 is 9.47 Å². The molecule has 2 heteroatoms. The molecule has 0 radical (unpaired) electrons. The Morgan fingerprint density at radius 3 is 2.59 bits per heavy atom. The Balaban J connectivity index is 1.84. The second kappa shape index (κ2) is 5.69. The van der Waals surface area contributed by atoms with Crippen LogP contribution in [0.4, 0.5) is 0 Å². The Morgan fingerprint density at radius 1 is 1.24 bits per heavy atom. The Morgan fingerprint density at radius 2 is 2.00 bits per heavy atom. The van der Waals surface area contributed by atoms with Crippen molar-refractivity contribution in [1.82, 2.24) is 0 Å². The molecule has 0 amide bonds. The molecule has 0 saturated carbocycles. The highest BCUT2D eigenvalue weighted by molar-refractivity contribution is 5.27. The minimum atomic E-state index is 0.209. The van der Waals surface area contributed by atoms with Crippen LogP contribution in [0.15, 0.2) is 48.1 Å². The maximum atomic E-state index is 5.82. The van der Waals surface area contributed by atoms with Gasteiger partial charge in [-0.15, -0.1) is 0 Å². The third-order valence-corrected chi connectivity index (χ3v) is 2.87. The largest absolute Gasteiger partial charge is 0.497 e. The minimum Gasteiger partial charge on any atom is -0.497 e. The van der Waals surface area contributed by atoms with Crippen molar-refractivity contribution in [3.8, 4) is 5.75 Å². The van der Waals surface area contributed by atoms with Crippen LogP contribution in [0.25, 0.3) is 0 Å². The van der Waals surface area contributed by atoms with Crippen molar-refractivity contribution >= 4 is 0 Å². The average molecular weight is 230 g/mol. The fourth-order valence-electron chi connectivity index (χ4n) is 1.76. The zero-order valence-corrected chi connectivity index (χ0v) is 10.3. The molecule has 2 nitrogen and oxygen atoms in total. The number of hydrogen-bond donors (Lipinski definition) is 0. The van der Waals surface area contributed by atoms with Crippen LogP contribution in [-0.2, 0) is 11.3 Å². The molecule has 0 aliphatic heterocycles. The summed E-state index contributed by atoms with van der Waals surface area (Å²) in [5.41, 5.74) is 2.49. The first-order valence-corrected chi connectivity index (χ1v) is 5.87. The molecule has 0 spiro atoms. The molecule has 0 heterocycles. The van der Waals surface area contributed by atoms with Crippen LogP contribution in [0.1, 0.15) is 18.9 Å². The highest BCUT2D eigenvalue weighted by Crippen LogP contribution is 2.16. The zero-order chi connectivity index (χ0) is 12.1. The standard InChI is InChI=1S/C15H18O2/c1-12-3-7-15(8-4-12)17-11-13-5-9-14(16-2)10-6-13/h3-7,9-10,15H,8,11H2,1-2H3/t15-/m1/s1. The third-order valence-electron chi connectivity index (χ3n) is 2.87. The summed E-state index contributed by atoms with van der Waals surface area (Å²) in [6.45, 7) is 2.75. The molecule has 1 aromatic rings. The van der Waals surface area contributed by atoms with E-state index in [1.807, 2.05) is 24.3 Å². The van der Waals surface area contributed by atoms with Crippen molar-refractivity contribution in [3.63, 3.8) is 0 Å². The van der Waals surface area contributed by atoms with Gasteiger partial charge in [0.25, 0.3) is 0 Å². The second-order valence-electron chi connectivity index (χ2n) is 4.24. The van der Waals surface area contributed by atoms with Gasteiger partial charge in [-0.05, 0) is 31.0 Å². The van der Waals surface area contributed by atoms with Gasteiger partial charge in [-0.25, -0.2) is 0 Å². The maximum absolute atomic E-state index is 5.82. The van der Waals surface area contributed by atoms with E-state index in [0.717, 1.165) is 12.2 Å². The molecule has 0 saturated heterocycles. The second-order valence-corrected chi connectivity index (χ2v) is 4.24. The summed E-state index contributed by atoms with van der Waals surface area (Å²) < 4.78 is 10.9. The van der Waals surface area contributed by atoms with Crippen LogP contribution >= 0.6 is 0 Å². The highest BCUT2D eigenvalue weighted by atomic mass is 16.5. The average Bonchev–Trinajstić information content (AvgIpc) is 2.39. The lowest BCUT2D eigenvalue weighted by Crippen LogP contribution is -2.11. The van der Waals surface area contributed by atoms with E-state index in [-0.39, 0.29) is 6.10 Å². The first kappa shape index (κ1) is 11.9. The Bertz CT molecular complexity index is 415. The van der Waals surface area contributed by atoms with E-state index in [0.29, 0.717) is 6.61 Å². The van der Waals surface area contributed by atoms with Crippen LogP contribution < -0.4 is 4.74 Å². The molecule has 0 fully saturated rings. The Kier molecular flexibility index (Phi) is 3.99. The number of allylic oxidation sites excluding steroid dienone is 2. The third kappa shape index (κ3) is 3.46. The lowest BCUT2D eigenvalue weighted by molar-refractivity contribution is 0.0730. The van der Waals surface area contributed by atoms with Gasteiger partial charge >= 0.3 is 0 Å². The summed E-state index contributed by atoms with van der Waals surface area (Å²) in [6, 6.07) is 7.98. The van der Waals surface area contributed by atoms with Crippen molar-refractivity contribution in [2.45, 2.75) is 26.1 Å².